The van der Waals surface area contributed by atoms with Crippen molar-refractivity contribution in [3.05, 3.63) is 51.6 Å². The zero-order valence-corrected chi connectivity index (χ0v) is 21.1. The summed E-state index contributed by atoms with van der Waals surface area (Å²) in [6.45, 7) is 2.17. The van der Waals surface area contributed by atoms with Crippen molar-refractivity contribution in [2.45, 2.75) is 38.2 Å². The molecule has 2 N–H and O–H groups in total. The second-order valence-electron chi connectivity index (χ2n) is 8.94. The molecule has 1 aromatic carbocycles. The van der Waals surface area contributed by atoms with Gasteiger partial charge >= 0.3 is 5.97 Å². The van der Waals surface area contributed by atoms with Crippen LogP contribution in [0.4, 0.5) is 0 Å². The minimum atomic E-state index is -0.840. The number of aliphatic carboxylic acids is 1. The average Bonchev–Trinajstić information content (AvgIpc) is 3.36. The smallest absolute Gasteiger partial charge is 0.303 e. The van der Waals surface area contributed by atoms with Gasteiger partial charge in [0.05, 0.1) is 36.7 Å². The van der Waals surface area contributed by atoms with Gasteiger partial charge in [0.15, 0.2) is 5.01 Å². The van der Waals surface area contributed by atoms with Crippen molar-refractivity contribution in [3.63, 3.8) is 0 Å². The van der Waals surface area contributed by atoms with E-state index in [2.05, 4.69) is 26.7 Å². The number of hydrogen-bond acceptors (Lipinski definition) is 7. The first-order valence-electron chi connectivity index (χ1n) is 11.5. The van der Waals surface area contributed by atoms with E-state index < -0.39 is 12.1 Å². The van der Waals surface area contributed by atoms with Gasteiger partial charge in [-0.25, -0.2) is 4.98 Å². The number of rotatable bonds is 8. The number of likely N-dealkylation sites (tertiary alicyclic amines) is 1. The largest absolute Gasteiger partial charge is 0.497 e. The molecule has 7 nitrogen and oxygen atoms in total. The molecule has 1 aliphatic rings. The van der Waals surface area contributed by atoms with Crippen molar-refractivity contribution < 1.29 is 19.7 Å². The Morgan fingerprint density at radius 1 is 1.34 bits per heavy atom. The van der Waals surface area contributed by atoms with Crippen LogP contribution in [0.3, 0.4) is 0 Å². The van der Waals surface area contributed by atoms with E-state index in [1.807, 2.05) is 23.6 Å². The summed E-state index contributed by atoms with van der Waals surface area (Å²) in [6, 6.07) is 5.47. The molecule has 35 heavy (non-hydrogen) atoms. The fourth-order valence-corrected chi connectivity index (χ4v) is 5.53. The minimum absolute atomic E-state index is 0.0804. The van der Waals surface area contributed by atoms with Crippen molar-refractivity contribution in [1.29, 1.82) is 0 Å². The first kappa shape index (κ1) is 25.4. The number of pyridine rings is 1. The summed E-state index contributed by atoms with van der Waals surface area (Å²) in [5.41, 5.74) is 0.951. The SMILES string of the molecule is COc1ccc2ncc(Cl)c([C@@H](O)CCC3(CC(=O)O)CCN(CC#Cc4nccs4)CC3)c2c1. The van der Waals surface area contributed by atoms with Crippen LogP contribution in [0.1, 0.15) is 48.8 Å². The molecule has 0 spiro atoms. The number of carbonyl (C=O) groups is 1. The third-order valence-electron chi connectivity index (χ3n) is 6.72. The molecule has 0 unspecified atom stereocenters. The van der Waals surface area contributed by atoms with Gasteiger partial charge in [-0.3, -0.25) is 14.7 Å². The summed E-state index contributed by atoms with van der Waals surface area (Å²) >= 11 is 7.97. The van der Waals surface area contributed by atoms with Crippen molar-refractivity contribution in [1.82, 2.24) is 14.9 Å². The summed E-state index contributed by atoms with van der Waals surface area (Å²) in [5, 5.41) is 24.6. The fourth-order valence-electron chi connectivity index (χ4n) is 4.75. The number of aliphatic hydroxyl groups is 1. The van der Waals surface area contributed by atoms with Crippen molar-refractivity contribution in [3.8, 4) is 17.6 Å². The van der Waals surface area contributed by atoms with Gasteiger partial charge in [0.1, 0.15) is 5.75 Å². The highest BCUT2D eigenvalue weighted by atomic mass is 35.5. The Balaban J connectivity index is 1.44. The van der Waals surface area contributed by atoms with Crippen LogP contribution in [0.5, 0.6) is 5.75 Å². The molecular weight excluding hydrogens is 486 g/mol. The number of aliphatic hydroxyl groups excluding tert-OH is 1. The highest BCUT2D eigenvalue weighted by molar-refractivity contribution is 7.10. The number of hydrogen-bond donors (Lipinski definition) is 2. The molecule has 0 radical (unpaired) electrons. The van der Waals surface area contributed by atoms with E-state index >= 15 is 0 Å². The number of fused-ring (bicyclic) bond motifs is 1. The van der Waals surface area contributed by atoms with Crippen LogP contribution in [-0.4, -0.2) is 57.8 Å². The quantitative estimate of drug-likeness (QED) is 0.418. The lowest BCUT2D eigenvalue weighted by Crippen LogP contribution is -2.41. The van der Waals surface area contributed by atoms with Crippen LogP contribution in [-0.2, 0) is 4.79 Å². The average molecular weight is 514 g/mol. The summed E-state index contributed by atoms with van der Waals surface area (Å²) < 4.78 is 5.34. The first-order valence-corrected chi connectivity index (χ1v) is 12.8. The number of ether oxygens (including phenoxy) is 1. The number of piperidine rings is 1. The molecule has 1 fully saturated rings. The van der Waals surface area contributed by atoms with Crippen LogP contribution in [0, 0.1) is 17.3 Å². The molecule has 0 bridgehead atoms. The molecule has 3 heterocycles. The summed E-state index contributed by atoms with van der Waals surface area (Å²) in [5.74, 6) is 6.08. The molecule has 184 valence electrons. The van der Waals surface area contributed by atoms with Gasteiger partial charge < -0.3 is 14.9 Å². The lowest BCUT2D eigenvalue weighted by molar-refractivity contribution is -0.141. The van der Waals surface area contributed by atoms with E-state index in [1.165, 1.54) is 11.3 Å². The third kappa shape index (κ3) is 6.30. The second kappa shape index (κ2) is 11.4. The van der Waals surface area contributed by atoms with Gasteiger partial charge in [0.25, 0.3) is 0 Å². The number of halogens is 1. The Morgan fingerprint density at radius 2 is 2.14 bits per heavy atom. The van der Waals surface area contributed by atoms with Crippen LogP contribution >= 0.6 is 22.9 Å². The molecule has 4 rings (SSSR count). The van der Waals surface area contributed by atoms with Gasteiger partial charge in [-0.2, -0.15) is 0 Å². The molecule has 0 amide bonds. The Bertz CT molecular complexity index is 1230. The maximum absolute atomic E-state index is 11.7. The zero-order chi connectivity index (χ0) is 24.8. The number of carboxylic acids is 1. The Kier molecular flexibility index (Phi) is 8.24. The molecule has 1 aliphatic heterocycles. The van der Waals surface area contributed by atoms with Crippen molar-refractivity contribution in [2.24, 2.45) is 5.41 Å². The lowest BCUT2D eigenvalue weighted by Gasteiger charge is -2.41. The number of nitrogens with zero attached hydrogens (tertiary/aromatic N) is 3. The summed E-state index contributed by atoms with van der Waals surface area (Å²) in [7, 11) is 1.59. The predicted octanol–water partition coefficient (Wildman–Crippen LogP) is 4.78. The number of thiazole rings is 1. The lowest BCUT2D eigenvalue weighted by atomic mass is 9.71. The molecule has 9 heteroatoms. The highest BCUT2D eigenvalue weighted by Gasteiger charge is 2.37. The van der Waals surface area contributed by atoms with Crippen LogP contribution in [0.25, 0.3) is 10.9 Å². The topological polar surface area (TPSA) is 95.8 Å². The van der Waals surface area contributed by atoms with Crippen LogP contribution in [0.2, 0.25) is 5.02 Å². The van der Waals surface area contributed by atoms with Gasteiger partial charge in [-0.15, -0.1) is 11.3 Å². The van der Waals surface area contributed by atoms with E-state index in [0.29, 0.717) is 35.7 Å². The number of aromatic nitrogens is 2. The summed E-state index contributed by atoms with van der Waals surface area (Å²) in [6.07, 6.45) is 5.00. The molecule has 0 aliphatic carbocycles. The van der Waals surface area contributed by atoms with E-state index in [1.54, 1.807) is 19.5 Å². The molecule has 1 atom stereocenters. The van der Waals surface area contributed by atoms with E-state index in [4.69, 9.17) is 16.3 Å². The fraction of sp³-hybridized carbons (Fsp3) is 0.423. The van der Waals surface area contributed by atoms with Crippen LogP contribution < -0.4 is 4.74 Å². The summed E-state index contributed by atoms with van der Waals surface area (Å²) in [4.78, 5) is 22.5. The van der Waals surface area contributed by atoms with Gasteiger partial charge in [-0.05, 0) is 68.3 Å². The standard InChI is InChI=1S/C26H28ClN3O4S/c1-34-18-4-5-21-19(15-18)25(20(27)17-29-21)22(31)6-7-26(16-24(32)33)8-12-30(13-9-26)11-2-3-23-28-10-14-35-23/h4-5,10,14-15,17,22,31H,6-9,11-13,16H2,1H3,(H,32,33)/t22-/m0/s1. The normalized spacial score (nSPS) is 16.4. The molecular formula is C26H28ClN3O4S. The first-order chi connectivity index (χ1) is 16.9. The minimum Gasteiger partial charge on any atom is -0.497 e. The van der Waals surface area contributed by atoms with Gasteiger partial charge in [0.2, 0.25) is 0 Å². The maximum atomic E-state index is 11.7. The zero-order valence-electron chi connectivity index (χ0n) is 19.5. The Labute approximate surface area is 213 Å². The maximum Gasteiger partial charge on any atom is 0.303 e. The van der Waals surface area contributed by atoms with Gasteiger partial charge in [0, 0.05) is 28.7 Å². The number of benzene rings is 1. The molecule has 0 saturated carbocycles. The van der Waals surface area contributed by atoms with E-state index in [-0.39, 0.29) is 11.8 Å². The monoisotopic (exact) mass is 513 g/mol. The molecule has 1 saturated heterocycles. The Hall–Kier alpha value is -2.70. The second-order valence-corrected chi connectivity index (χ2v) is 10.2. The van der Waals surface area contributed by atoms with Crippen molar-refractivity contribution >= 4 is 39.8 Å². The number of carboxylic acid groups (broad SMARTS) is 1. The number of methoxy groups -OCH3 is 1. The Morgan fingerprint density at radius 3 is 2.83 bits per heavy atom. The van der Waals surface area contributed by atoms with E-state index in [9.17, 15) is 15.0 Å². The van der Waals surface area contributed by atoms with E-state index in [0.717, 1.165) is 41.8 Å². The third-order valence-corrected chi connectivity index (χ3v) is 7.71. The van der Waals surface area contributed by atoms with Crippen molar-refractivity contribution in [2.75, 3.05) is 26.7 Å². The highest BCUT2D eigenvalue weighted by Crippen LogP contribution is 2.43. The molecule has 2 aromatic heterocycles. The predicted molar refractivity (Wildman–Crippen MR) is 137 cm³/mol. The van der Waals surface area contributed by atoms with Gasteiger partial charge in [-0.1, -0.05) is 17.5 Å². The molecule has 3 aromatic rings. The van der Waals surface area contributed by atoms with Crippen LogP contribution in [0.15, 0.2) is 36.0 Å².